The van der Waals surface area contributed by atoms with Crippen molar-refractivity contribution in [2.75, 3.05) is 0 Å². The molecule has 1 aromatic carbocycles. The maximum atomic E-state index is 12.3. The summed E-state index contributed by atoms with van der Waals surface area (Å²) in [6, 6.07) is 4.51. The van der Waals surface area contributed by atoms with Gasteiger partial charge < -0.3 is 5.32 Å². The van der Waals surface area contributed by atoms with E-state index in [1.165, 1.54) is 16.7 Å². The predicted molar refractivity (Wildman–Crippen MR) is 89.2 cm³/mol. The molecule has 2 nitrogen and oxygen atoms in total. The van der Waals surface area contributed by atoms with Gasteiger partial charge in [-0.2, -0.15) is 0 Å². The Bertz CT molecular complexity index is 457. The molecule has 1 aromatic rings. The third-order valence-electron chi connectivity index (χ3n) is 3.55. The van der Waals surface area contributed by atoms with E-state index < -0.39 is 0 Å². The van der Waals surface area contributed by atoms with Gasteiger partial charge in [0.2, 0.25) is 0 Å². The fourth-order valence-electron chi connectivity index (χ4n) is 2.29. The van der Waals surface area contributed by atoms with Crippen molar-refractivity contribution in [3.8, 4) is 0 Å². The number of Topliss-reactive ketones (excluding diaryl/α,β-unsaturated/α-hetero) is 1. The lowest BCUT2D eigenvalue weighted by molar-refractivity contribution is -0.124. The molecule has 0 aliphatic carbocycles. The van der Waals surface area contributed by atoms with Crippen molar-refractivity contribution in [1.29, 1.82) is 0 Å². The van der Waals surface area contributed by atoms with Gasteiger partial charge in [-0.3, -0.25) is 4.79 Å². The first-order valence-electron chi connectivity index (χ1n) is 7.27. The van der Waals surface area contributed by atoms with Gasteiger partial charge >= 0.3 is 0 Å². The number of nitrogens with one attached hydrogen (secondary N) is 1. The van der Waals surface area contributed by atoms with Gasteiger partial charge in [-0.05, 0) is 43.0 Å². The summed E-state index contributed by atoms with van der Waals surface area (Å²) in [6.45, 7) is 12.3. The molecule has 0 radical (unpaired) electrons. The van der Waals surface area contributed by atoms with Crippen LogP contribution in [0, 0.1) is 19.8 Å². The lowest BCUT2D eigenvalue weighted by Crippen LogP contribution is -2.44. The van der Waals surface area contributed by atoms with Crippen LogP contribution in [-0.4, -0.2) is 17.9 Å². The number of carbonyl (C=O) groups excluding carboxylic acids is 1. The Morgan fingerprint density at radius 3 is 2.25 bits per heavy atom. The van der Waals surface area contributed by atoms with Crippen LogP contribution in [0.25, 0.3) is 0 Å². The van der Waals surface area contributed by atoms with Gasteiger partial charge in [-0.15, -0.1) is 0 Å². The normalized spacial score (nSPS) is 13.1. The van der Waals surface area contributed by atoms with Crippen molar-refractivity contribution in [2.24, 2.45) is 5.92 Å². The topological polar surface area (TPSA) is 29.1 Å². The molecular weight excluding hydrogens is 314 g/mol. The summed E-state index contributed by atoms with van der Waals surface area (Å²) in [7, 11) is 0. The molecule has 1 N–H and O–H groups in total. The number of aryl methyl sites for hydroxylation is 1. The van der Waals surface area contributed by atoms with Crippen LogP contribution in [0.1, 0.15) is 44.4 Å². The molecule has 1 unspecified atom stereocenters. The number of hydrogen-bond acceptors (Lipinski definition) is 2. The highest BCUT2D eigenvalue weighted by Gasteiger charge is 2.22. The van der Waals surface area contributed by atoms with Gasteiger partial charge in [0.05, 0.1) is 6.04 Å². The lowest BCUT2D eigenvalue weighted by Gasteiger charge is -2.22. The molecule has 0 aliphatic rings. The summed E-state index contributed by atoms with van der Waals surface area (Å²) < 4.78 is 1.12. The van der Waals surface area contributed by atoms with Gasteiger partial charge in [0.15, 0.2) is 5.78 Å². The number of halogens is 1. The molecule has 1 atom stereocenters. The molecule has 0 amide bonds. The minimum atomic E-state index is -0.107. The Balaban J connectivity index is 2.97. The monoisotopic (exact) mass is 339 g/mol. The summed E-state index contributed by atoms with van der Waals surface area (Å²) in [4.78, 5) is 12.3. The Hall–Kier alpha value is -0.670. The first-order chi connectivity index (χ1) is 9.22. The van der Waals surface area contributed by atoms with E-state index in [1.807, 2.05) is 13.8 Å². The zero-order valence-corrected chi connectivity index (χ0v) is 15.0. The van der Waals surface area contributed by atoms with Crippen LogP contribution in [0.5, 0.6) is 0 Å². The van der Waals surface area contributed by atoms with Crippen LogP contribution in [-0.2, 0) is 11.2 Å². The molecule has 0 fully saturated rings. The van der Waals surface area contributed by atoms with Crippen molar-refractivity contribution in [2.45, 2.75) is 60.0 Å². The Kier molecular flexibility index (Phi) is 6.41. The van der Waals surface area contributed by atoms with Crippen LogP contribution in [0.15, 0.2) is 16.6 Å². The van der Waals surface area contributed by atoms with Gasteiger partial charge in [0, 0.05) is 16.4 Å². The van der Waals surface area contributed by atoms with E-state index in [1.54, 1.807) is 0 Å². The predicted octanol–water partition coefficient (Wildman–Crippen LogP) is 4.20. The first kappa shape index (κ1) is 17.4. The molecule has 0 aliphatic heterocycles. The summed E-state index contributed by atoms with van der Waals surface area (Å²) in [5.74, 6) is 0.342. The van der Waals surface area contributed by atoms with E-state index in [-0.39, 0.29) is 17.7 Å². The third kappa shape index (κ3) is 4.71. The van der Waals surface area contributed by atoms with Gasteiger partial charge in [0.1, 0.15) is 0 Å². The van der Waals surface area contributed by atoms with Crippen molar-refractivity contribution < 1.29 is 4.79 Å². The second-order valence-electron chi connectivity index (χ2n) is 6.15. The number of benzene rings is 1. The zero-order valence-electron chi connectivity index (χ0n) is 13.4. The molecule has 1 rings (SSSR count). The average Bonchev–Trinajstić information content (AvgIpc) is 2.33. The fourth-order valence-corrected chi connectivity index (χ4v) is 2.89. The molecule has 0 heterocycles. The smallest absolute Gasteiger partial charge is 0.152 e. The summed E-state index contributed by atoms with van der Waals surface area (Å²) in [5.41, 5.74) is 3.72. The SMILES string of the molecule is Cc1cc(CC(NC(C)C)C(=O)C(C)C)cc(Br)c1C. The fraction of sp³-hybridized carbons (Fsp3) is 0.588. The van der Waals surface area contributed by atoms with E-state index in [4.69, 9.17) is 0 Å². The van der Waals surface area contributed by atoms with Gasteiger partial charge in [0.25, 0.3) is 0 Å². The summed E-state index contributed by atoms with van der Waals surface area (Å²) >= 11 is 3.60. The quantitative estimate of drug-likeness (QED) is 0.841. The van der Waals surface area contributed by atoms with Crippen LogP contribution in [0.2, 0.25) is 0 Å². The highest BCUT2D eigenvalue weighted by Crippen LogP contribution is 2.23. The number of carbonyl (C=O) groups is 1. The summed E-state index contributed by atoms with van der Waals surface area (Å²) in [6.07, 6.45) is 0.745. The van der Waals surface area contributed by atoms with E-state index in [9.17, 15) is 4.79 Å². The van der Waals surface area contributed by atoms with E-state index in [2.05, 4.69) is 61.1 Å². The molecule has 0 saturated carbocycles. The van der Waals surface area contributed by atoms with Crippen LogP contribution in [0.3, 0.4) is 0 Å². The molecule has 112 valence electrons. The van der Waals surface area contributed by atoms with E-state index in [0.29, 0.717) is 6.04 Å². The molecule has 0 aromatic heterocycles. The minimum Gasteiger partial charge on any atom is -0.305 e. The molecular formula is C17H26BrNO. The van der Waals surface area contributed by atoms with Crippen LogP contribution < -0.4 is 5.32 Å². The van der Waals surface area contributed by atoms with Crippen molar-refractivity contribution in [3.05, 3.63) is 33.3 Å². The Morgan fingerprint density at radius 1 is 1.20 bits per heavy atom. The largest absolute Gasteiger partial charge is 0.305 e. The molecule has 3 heteroatoms. The second kappa shape index (κ2) is 7.37. The molecule has 0 bridgehead atoms. The van der Waals surface area contributed by atoms with Crippen molar-refractivity contribution in [3.63, 3.8) is 0 Å². The highest BCUT2D eigenvalue weighted by atomic mass is 79.9. The molecule has 0 spiro atoms. The Labute approximate surface area is 131 Å². The molecule has 20 heavy (non-hydrogen) atoms. The third-order valence-corrected chi connectivity index (χ3v) is 4.37. The maximum absolute atomic E-state index is 12.3. The standard InChI is InChI=1S/C17H26BrNO/c1-10(2)17(20)16(19-11(3)4)9-14-7-12(5)13(6)15(18)8-14/h7-8,10-11,16,19H,9H2,1-6H3. The Morgan fingerprint density at radius 2 is 1.80 bits per heavy atom. The maximum Gasteiger partial charge on any atom is 0.152 e. The number of ketones is 1. The zero-order chi connectivity index (χ0) is 15.4. The van der Waals surface area contributed by atoms with Crippen molar-refractivity contribution >= 4 is 21.7 Å². The number of hydrogen-bond donors (Lipinski definition) is 1. The van der Waals surface area contributed by atoms with E-state index in [0.717, 1.165) is 10.9 Å². The second-order valence-corrected chi connectivity index (χ2v) is 7.01. The van der Waals surface area contributed by atoms with E-state index >= 15 is 0 Å². The average molecular weight is 340 g/mol. The van der Waals surface area contributed by atoms with Crippen molar-refractivity contribution in [1.82, 2.24) is 5.32 Å². The lowest BCUT2D eigenvalue weighted by atomic mass is 9.94. The van der Waals surface area contributed by atoms with Gasteiger partial charge in [-0.1, -0.05) is 49.7 Å². The van der Waals surface area contributed by atoms with Crippen LogP contribution >= 0.6 is 15.9 Å². The van der Waals surface area contributed by atoms with Gasteiger partial charge in [-0.25, -0.2) is 0 Å². The minimum absolute atomic E-state index is 0.0567. The first-order valence-corrected chi connectivity index (χ1v) is 8.07. The highest BCUT2D eigenvalue weighted by molar-refractivity contribution is 9.10. The number of rotatable bonds is 6. The molecule has 0 saturated heterocycles. The van der Waals surface area contributed by atoms with Crippen LogP contribution in [0.4, 0.5) is 0 Å². The summed E-state index contributed by atoms with van der Waals surface area (Å²) in [5, 5.41) is 3.40.